The molecule has 0 spiro atoms. The van der Waals surface area contributed by atoms with Crippen LogP contribution in [-0.2, 0) is 11.3 Å². The molecule has 1 aromatic carbocycles. The minimum Gasteiger partial charge on any atom is -0.479 e. The largest absolute Gasteiger partial charge is 0.479 e. The van der Waals surface area contributed by atoms with Crippen LogP contribution in [0.4, 0.5) is 0 Å². The average molecular weight is 253 g/mol. The maximum Gasteiger partial charge on any atom is 0.332 e. The maximum atomic E-state index is 11.9. The highest BCUT2D eigenvalue weighted by Crippen LogP contribution is 2.16. The van der Waals surface area contributed by atoms with E-state index in [1.165, 1.54) is 15.5 Å². The number of nitrogens with zero attached hydrogens (tertiary/aromatic N) is 1. The zero-order valence-electron chi connectivity index (χ0n) is 8.87. The number of hydrogen-bond acceptors (Lipinski definition) is 4. The molecule has 0 aliphatic carbocycles. The fraction of sp³-hybridized carbons (Fsp3) is 0.273. The van der Waals surface area contributed by atoms with Gasteiger partial charge in [-0.15, -0.1) is 0 Å². The molecule has 0 aliphatic rings. The SMILES string of the molecule is O=C(O)C(O)CCn1sc2ccccc2c1=O. The molecule has 0 radical (unpaired) electrons. The van der Waals surface area contributed by atoms with Crippen molar-refractivity contribution >= 4 is 27.6 Å². The normalized spacial score (nSPS) is 12.8. The summed E-state index contributed by atoms with van der Waals surface area (Å²) in [7, 11) is 0. The third-order valence-electron chi connectivity index (χ3n) is 2.44. The summed E-state index contributed by atoms with van der Waals surface area (Å²) in [5, 5.41) is 18.3. The van der Waals surface area contributed by atoms with Crippen molar-refractivity contribution in [1.29, 1.82) is 0 Å². The molecule has 2 aromatic rings. The standard InChI is InChI=1S/C11H11NO4S/c13-8(11(15)16)5-6-12-10(14)7-3-1-2-4-9(7)17-12/h1-4,8,13H,5-6H2,(H,15,16). The fourth-order valence-electron chi connectivity index (χ4n) is 1.53. The van der Waals surface area contributed by atoms with E-state index in [0.29, 0.717) is 5.39 Å². The first-order chi connectivity index (χ1) is 8.09. The van der Waals surface area contributed by atoms with Crippen LogP contribution in [0.1, 0.15) is 6.42 Å². The van der Waals surface area contributed by atoms with Gasteiger partial charge in [0.1, 0.15) is 0 Å². The van der Waals surface area contributed by atoms with Crippen molar-refractivity contribution in [1.82, 2.24) is 3.96 Å². The molecule has 5 nitrogen and oxygen atoms in total. The minimum absolute atomic E-state index is 0.0298. The van der Waals surface area contributed by atoms with E-state index in [4.69, 9.17) is 10.2 Å². The second kappa shape index (κ2) is 4.68. The van der Waals surface area contributed by atoms with E-state index in [9.17, 15) is 9.59 Å². The van der Waals surface area contributed by atoms with Gasteiger partial charge in [-0.1, -0.05) is 23.7 Å². The number of benzene rings is 1. The summed E-state index contributed by atoms with van der Waals surface area (Å²) in [6, 6.07) is 7.20. The Morgan fingerprint density at radius 3 is 2.76 bits per heavy atom. The lowest BCUT2D eigenvalue weighted by Gasteiger charge is -2.04. The number of aliphatic hydroxyl groups excluding tert-OH is 1. The van der Waals surface area contributed by atoms with Gasteiger partial charge in [0.25, 0.3) is 5.56 Å². The van der Waals surface area contributed by atoms with Crippen LogP contribution in [0, 0.1) is 0 Å². The number of carbonyl (C=O) groups is 1. The van der Waals surface area contributed by atoms with Crippen LogP contribution >= 0.6 is 11.5 Å². The Labute approximate surface area is 101 Å². The number of fused-ring (bicyclic) bond motifs is 1. The number of aliphatic carboxylic acids is 1. The van der Waals surface area contributed by atoms with Crippen LogP contribution in [0.25, 0.3) is 10.1 Å². The Balaban J connectivity index is 2.22. The van der Waals surface area contributed by atoms with Gasteiger partial charge < -0.3 is 10.2 Å². The molecule has 1 atom stereocenters. The van der Waals surface area contributed by atoms with E-state index in [-0.39, 0.29) is 18.5 Å². The molecule has 2 N–H and O–H groups in total. The predicted molar refractivity (Wildman–Crippen MR) is 64.3 cm³/mol. The van der Waals surface area contributed by atoms with Crippen LogP contribution in [0.5, 0.6) is 0 Å². The topological polar surface area (TPSA) is 79.5 Å². The number of aliphatic hydroxyl groups is 1. The Bertz CT molecular complexity index is 601. The molecule has 0 saturated heterocycles. The predicted octanol–water partition coefficient (Wildman–Crippen LogP) is 0.899. The molecule has 17 heavy (non-hydrogen) atoms. The van der Waals surface area contributed by atoms with Crippen LogP contribution in [-0.4, -0.2) is 26.2 Å². The van der Waals surface area contributed by atoms with Crippen LogP contribution in [0.15, 0.2) is 29.1 Å². The van der Waals surface area contributed by atoms with Gasteiger partial charge >= 0.3 is 5.97 Å². The maximum absolute atomic E-state index is 11.9. The third kappa shape index (κ3) is 2.37. The van der Waals surface area contributed by atoms with Crippen molar-refractivity contribution in [2.75, 3.05) is 0 Å². The van der Waals surface area contributed by atoms with Gasteiger partial charge in [-0.2, -0.15) is 0 Å². The summed E-state index contributed by atoms with van der Waals surface area (Å²) in [5.41, 5.74) is -0.136. The van der Waals surface area contributed by atoms with Crippen LogP contribution in [0.2, 0.25) is 0 Å². The first-order valence-electron chi connectivity index (χ1n) is 5.09. The molecule has 0 aliphatic heterocycles. The lowest BCUT2D eigenvalue weighted by molar-refractivity contribution is -0.147. The van der Waals surface area contributed by atoms with E-state index >= 15 is 0 Å². The van der Waals surface area contributed by atoms with Crippen molar-refractivity contribution in [2.45, 2.75) is 19.1 Å². The Kier molecular flexibility index (Phi) is 3.26. The zero-order chi connectivity index (χ0) is 12.4. The number of hydrogen-bond donors (Lipinski definition) is 2. The van der Waals surface area contributed by atoms with Gasteiger partial charge in [-0.3, -0.25) is 8.75 Å². The van der Waals surface area contributed by atoms with E-state index in [0.717, 1.165) is 4.70 Å². The molecule has 0 fully saturated rings. The Morgan fingerprint density at radius 2 is 2.12 bits per heavy atom. The van der Waals surface area contributed by atoms with Gasteiger partial charge in [-0.05, 0) is 12.1 Å². The smallest absolute Gasteiger partial charge is 0.332 e. The monoisotopic (exact) mass is 253 g/mol. The molecule has 90 valence electrons. The molecule has 0 saturated carbocycles. The lowest BCUT2D eigenvalue weighted by atomic mass is 10.2. The molecule has 1 unspecified atom stereocenters. The lowest BCUT2D eigenvalue weighted by Crippen LogP contribution is -2.23. The third-order valence-corrected chi connectivity index (χ3v) is 3.56. The highest BCUT2D eigenvalue weighted by atomic mass is 32.1. The summed E-state index contributed by atoms with van der Waals surface area (Å²) in [4.78, 5) is 22.3. The number of rotatable bonds is 4. The van der Waals surface area contributed by atoms with E-state index in [1.807, 2.05) is 12.1 Å². The van der Waals surface area contributed by atoms with Crippen LogP contribution < -0.4 is 5.56 Å². The minimum atomic E-state index is -1.42. The highest BCUT2D eigenvalue weighted by Gasteiger charge is 2.14. The summed E-state index contributed by atoms with van der Waals surface area (Å²) in [6.45, 7) is 0.214. The number of carboxylic acid groups (broad SMARTS) is 1. The van der Waals surface area contributed by atoms with Gasteiger partial charge in [0, 0.05) is 13.0 Å². The van der Waals surface area contributed by atoms with E-state index in [2.05, 4.69) is 0 Å². The van der Waals surface area contributed by atoms with Gasteiger partial charge in [0.15, 0.2) is 6.10 Å². The van der Waals surface area contributed by atoms with E-state index < -0.39 is 12.1 Å². The first kappa shape index (κ1) is 11.8. The van der Waals surface area contributed by atoms with Gasteiger partial charge in [0.05, 0.1) is 10.1 Å². The van der Waals surface area contributed by atoms with Crippen molar-refractivity contribution < 1.29 is 15.0 Å². The summed E-state index contributed by atoms with van der Waals surface area (Å²) in [6.07, 6.45) is -1.39. The molecular formula is C11H11NO4S. The van der Waals surface area contributed by atoms with Crippen molar-refractivity contribution in [3.8, 4) is 0 Å². The summed E-state index contributed by atoms with van der Waals surface area (Å²) >= 11 is 1.28. The molecular weight excluding hydrogens is 242 g/mol. The number of carboxylic acids is 1. The molecule has 6 heteroatoms. The molecule has 0 amide bonds. The zero-order valence-corrected chi connectivity index (χ0v) is 9.68. The van der Waals surface area contributed by atoms with Gasteiger partial charge in [0.2, 0.25) is 0 Å². The second-order valence-corrected chi connectivity index (χ2v) is 4.70. The number of aryl methyl sites for hydroxylation is 1. The molecule has 2 rings (SSSR count). The molecule has 1 aromatic heterocycles. The fourth-order valence-corrected chi connectivity index (χ4v) is 2.54. The highest BCUT2D eigenvalue weighted by molar-refractivity contribution is 7.13. The first-order valence-corrected chi connectivity index (χ1v) is 5.86. The number of aromatic nitrogens is 1. The van der Waals surface area contributed by atoms with Crippen molar-refractivity contribution in [2.24, 2.45) is 0 Å². The molecule has 1 heterocycles. The average Bonchev–Trinajstić information content (AvgIpc) is 2.64. The van der Waals surface area contributed by atoms with Crippen molar-refractivity contribution in [3.63, 3.8) is 0 Å². The molecule has 0 bridgehead atoms. The second-order valence-electron chi connectivity index (χ2n) is 3.64. The van der Waals surface area contributed by atoms with Crippen molar-refractivity contribution in [3.05, 3.63) is 34.6 Å². The van der Waals surface area contributed by atoms with E-state index in [1.54, 1.807) is 12.1 Å². The Hall–Kier alpha value is -1.66. The van der Waals surface area contributed by atoms with Gasteiger partial charge in [-0.25, -0.2) is 4.79 Å². The van der Waals surface area contributed by atoms with Crippen LogP contribution in [0.3, 0.4) is 0 Å². The summed E-state index contributed by atoms with van der Waals surface area (Å²) < 4.78 is 2.33. The summed E-state index contributed by atoms with van der Waals surface area (Å²) in [5.74, 6) is -1.26. The Morgan fingerprint density at radius 1 is 1.41 bits per heavy atom. The quantitative estimate of drug-likeness (QED) is 0.848.